The molecule has 4 nitrogen and oxygen atoms in total. The highest BCUT2D eigenvalue weighted by Crippen LogP contribution is 2.33. The molecule has 100 valence electrons. The zero-order chi connectivity index (χ0) is 14.0. The average Bonchev–Trinajstić information content (AvgIpc) is 2.84. The van der Waals surface area contributed by atoms with Crippen molar-refractivity contribution in [3.63, 3.8) is 0 Å². The lowest BCUT2D eigenvalue weighted by molar-refractivity contribution is -0.137. The summed E-state index contributed by atoms with van der Waals surface area (Å²) in [5, 5.41) is 2.36. The van der Waals surface area contributed by atoms with Crippen molar-refractivity contribution in [2.24, 2.45) is 0 Å². The molecule has 1 heterocycles. The maximum absolute atomic E-state index is 12.6. The third kappa shape index (κ3) is 3.14. The topological polar surface area (TPSA) is 46.9 Å². The summed E-state index contributed by atoms with van der Waals surface area (Å²) < 4.78 is 39.2. The first-order valence-electron chi connectivity index (χ1n) is 5.04. The number of anilines is 1. The van der Waals surface area contributed by atoms with Crippen molar-refractivity contribution in [1.82, 2.24) is 9.55 Å². The van der Waals surface area contributed by atoms with E-state index in [4.69, 9.17) is 0 Å². The molecule has 0 bridgehead atoms. The third-order valence-electron chi connectivity index (χ3n) is 2.27. The van der Waals surface area contributed by atoms with E-state index in [1.54, 1.807) is 0 Å². The van der Waals surface area contributed by atoms with Crippen LogP contribution in [0.25, 0.3) is 0 Å². The number of aromatic nitrogens is 2. The zero-order valence-electron chi connectivity index (χ0n) is 9.28. The summed E-state index contributed by atoms with van der Waals surface area (Å²) in [6.07, 6.45) is -0.441. The van der Waals surface area contributed by atoms with Crippen LogP contribution in [0.15, 0.2) is 41.4 Å². The van der Waals surface area contributed by atoms with Gasteiger partial charge in [-0.05, 0) is 34.1 Å². The van der Waals surface area contributed by atoms with Crippen molar-refractivity contribution in [3.8, 4) is 0 Å². The minimum atomic E-state index is -4.46. The van der Waals surface area contributed by atoms with Gasteiger partial charge in [-0.3, -0.25) is 4.57 Å². The zero-order valence-corrected chi connectivity index (χ0v) is 10.9. The summed E-state index contributed by atoms with van der Waals surface area (Å²) in [5.41, 5.74) is -0.801. The fourth-order valence-electron chi connectivity index (χ4n) is 1.36. The van der Waals surface area contributed by atoms with Gasteiger partial charge in [0, 0.05) is 16.9 Å². The van der Waals surface area contributed by atoms with Gasteiger partial charge in [0.1, 0.15) is 6.33 Å². The number of halogens is 4. The second-order valence-electron chi connectivity index (χ2n) is 3.59. The van der Waals surface area contributed by atoms with Crippen LogP contribution in [0, 0.1) is 0 Å². The monoisotopic (exact) mass is 333 g/mol. The predicted molar refractivity (Wildman–Crippen MR) is 65.8 cm³/mol. The van der Waals surface area contributed by atoms with Crippen LogP contribution in [0.1, 0.15) is 5.56 Å². The van der Waals surface area contributed by atoms with Crippen LogP contribution >= 0.6 is 15.9 Å². The summed E-state index contributed by atoms with van der Waals surface area (Å²) in [5.74, 6) is 0. The maximum atomic E-state index is 12.6. The smallest absolute Gasteiger partial charge is 0.306 e. The summed E-state index contributed by atoms with van der Waals surface area (Å²) in [6.45, 7) is 0. The molecule has 8 heteroatoms. The number of benzene rings is 1. The Bertz CT molecular complexity index is 596. The molecule has 1 amide bonds. The van der Waals surface area contributed by atoms with Crippen LogP contribution < -0.4 is 5.32 Å². The normalized spacial score (nSPS) is 11.4. The van der Waals surface area contributed by atoms with E-state index in [2.05, 4.69) is 26.2 Å². The maximum Gasteiger partial charge on any atom is 0.416 e. The molecule has 0 radical (unpaired) electrons. The molecule has 0 aliphatic rings. The van der Waals surface area contributed by atoms with Gasteiger partial charge in [-0.25, -0.2) is 9.78 Å². The summed E-state index contributed by atoms with van der Waals surface area (Å²) in [4.78, 5) is 15.4. The second kappa shape index (κ2) is 5.04. The molecule has 0 atom stereocenters. The van der Waals surface area contributed by atoms with Gasteiger partial charge in [0.05, 0.1) is 11.3 Å². The van der Waals surface area contributed by atoms with E-state index in [1.807, 2.05) is 0 Å². The Morgan fingerprint density at radius 3 is 2.68 bits per heavy atom. The van der Waals surface area contributed by atoms with E-state index in [1.165, 1.54) is 24.8 Å². The van der Waals surface area contributed by atoms with Gasteiger partial charge in [0.25, 0.3) is 0 Å². The van der Waals surface area contributed by atoms with Crippen molar-refractivity contribution < 1.29 is 18.0 Å². The Morgan fingerprint density at radius 1 is 1.37 bits per heavy atom. The number of nitrogens with one attached hydrogen (secondary N) is 1. The largest absolute Gasteiger partial charge is 0.416 e. The molecule has 0 saturated carbocycles. The molecular weight excluding hydrogens is 327 g/mol. The SMILES string of the molecule is O=C(Nc1cc(C(F)(F)F)ccc1Br)n1ccnc1. The van der Waals surface area contributed by atoms with Crippen molar-refractivity contribution in [1.29, 1.82) is 0 Å². The van der Waals surface area contributed by atoms with E-state index in [0.29, 0.717) is 4.47 Å². The van der Waals surface area contributed by atoms with Crippen LogP contribution in [-0.2, 0) is 6.18 Å². The first-order valence-corrected chi connectivity index (χ1v) is 5.83. The highest BCUT2D eigenvalue weighted by Gasteiger charge is 2.31. The molecule has 1 aromatic carbocycles. The van der Waals surface area contributed by atoms with E-state index < -0.39 is 17.8 Å². The van der Waals surface area contributed by atoms with Gasteiger partial charge in [-0.15, -0.1) is 0 Å². The molecule has 1 aromatic heterocycles. The lowest BCUT2D eigenvalue weighted by atomic mass is 10.2. The molecule has 0 unspecified atom stereocenters. The number of imidazole rings is 1. The first-order chi connectivity index (χ1) is 8.88. The molecule has 19 heavy (non-hydrogen) atoms. The second-order valence-corrected chi connectivity index (χ2v) is 4.45. The van der Waals surface area contributed by atoms with Gasteiger partial charge in [-0.1, -0.05) is 0 Å². The number of nitrogens with zero attached hydrogens (tertiary/aromatic N) is 2. The van der Waals surface area contributed by atoms with E-state index >= 15 is 0 Å². The lowest BCUT2D eigenvalue weighted by Crippen LogP contribution is -2.18. The number of carbonyl (C=O) groups excluding carboxylic acids is 1. The van der Waals surface area contributed by atoms with Gasteiger partial charge in [-0.2, -0.15) is 13.2 Å². The van der Waals surface area contributed by atoms with Crippen LogP contribution in [0.4, 0.5) is 23.7 Å². The molecule has 2 aromatic rings. The van der Waals surface area contributed by atoms with Crippen molar-refractivity contribution in [2.45, 2.75) is 6.18 Å². The minimum absolute atomic E-state index is 0.0357. The fraction of sp³-hybridized carbons (Fsp3) is 0.0909. The molecule has 2 rings (SSSR count). The highest BCUT2D eigenvalue weighted by molar-refractivity contribution is 9.10. The number of amides is 1. The molecule has 0 aliphatic carbocycles. The number of hydrogen-bond acceptors (Lipinski definition) is 2. The third-order valence-corrected chi connectivity index (χ3v) is 2.97. The average molecular weight is 334 g/mol. The molecule has 1 N–H and O–H groups in total. The van der Waals surface area contributed by atoms with Crippen molar-refractivity contribution in [3.05, 3.63) is 47.0 Å². The summed E-state index contributed by atoms with van der Waals surface area (Å²) in [6, 6.07) is 2.42. The van der Waals surface area contributed by atoms with E-state index in [9.17, 15) is 18.0 Å². The van der Waals surface area contributed by atoms with E-state index in [-0.39, 0.29) is 5.69 Å². The molecule has 0 fully saturated rings. The van der Waals surface area contributed by atoms with Crippen LogP contribution in [0.5, 0.6) is 0 Å². The summed E-state index contributed by atoms with van der Waals surface area (Å²) in [7, 11) is 0. The Morgan fingerprint density at radius 2 is 2.11 bits per heavy atom. The van der Waals surface area contributed by atoms with Crippen LogP contribution in [-0.4, -0.2) is 15.6 Å². The predicted octanol–water partition coefficient (Wildman–Crippen LogP) is 3.74. The standard InChI is InChI=1S/C11H7BrF3N3O/c12-8-2-1-7(11(13,14)15)5-9(8)17-10(19)18-4-3-16-6-18/h1-6H,(H,17,19). The molecular formula is C11H7BrF3N3O. The van der Waals surface area contributed by atoms with Crippen molar-refractivity contribution >= 4 is 27.6 Å². The van der Waals surface area contributed by atoms with Gasteiger partial charge in [0.2, 0.25) is 0 Å². The molecule has 0 saturated heterocycles. The number of rotatable bonds is 1. The van der Waals surface area contributed by atoms with Gasteiger partial charge < -0.3 is 5.32 Å². The minimum Gasteiger partial charge on any atom is -0.306 e. The van der Waals surface area contributed by atoms with Gasteiger partial charge in [0.15, 0.2) is 0 Å². The number of alkyl halides is 3. The Kier molecular flexibility index (Phi) is 3.61. The van der Waals surface area contributed by atoms with Crippen LogP contribution in [0.2, 0.25) is 0 Å². The first kappa shape index (κ1) is 13.6. The highest BCUT2D eigenvalue weighted by atomic mass is 79.9. The van der Waals surface area contributed by atoms with Gasteiger partial charge >= 0.3 is 12.2 Å². The lowest BCUT2D eigenvalue weighted by Gasteiger charge is -2.11. The summed E-state index contributed by atoms with van der Waals surface area (Å²) >= 11 is 3.08. The fourth-order valence-corrected chi connectivity index (χ4v) is 1.70. The Balaban J connectivity index is 2.27. The molecule has 0 spiro atoms. The van der Waals surface area contributed by atoms with E-state index in [0.717, 1.165) is 16.7 Å². The number of carbonyl (C=O) groups is 1. The Hall–Kier alpha value is -1.83. The molecule has 0 aliphatic heterocycles. The Labute approximate surface area is 114 Å². The van der Waals surface area contributed by atoms with Crippen LogP contribution in [0.3, 0.4) is 0 Å². The quantitative estimate of drug-likeness (QED) is 0.864. The van der Waals surface area contributed by atoms with Crippen molar-refractivity contribution in [2.75, 3.05) is 5.32 Å². The number of hydrogen-bond donors (Lipinski definition) is 1.